The molecule has 1 aromatic carbocycles. The van der Waals surface area contributed by atoms with Crippen molar-refractivity contribution in [2.45, 2.75) is 19.4 Å². The number of aliphatic hydroxyl groups is 1. The summed E-state index contributed by atoms with van der Waals surface area (Å²) < 4.78 is 0. The quantitative estimate of drug-likeness (QED) is 0.461. The van der Waals surface area contributed by atoms with Gasteiger partial charge in [0.05, 0.1) is 10.5 Å². The van der Waals surface area contributed by atoms with Gasteiger partial charge >= 0.3 is 0 Å². The SMILES string of the molecule is CC(C)(O)CNc1ccc(C=O)cc1[N+](=O)[O-]. The highest BCUT2D eigenvalue weighted by molar-refractivity contribution is 5.79. The molecule has 92 valence electrons. The van der Waals surface area contributed by atoms with Crippen LogP contribution in [0.3, 0.4) is 0 Å². The van der Waals surface area contributed by atoms with Crippen LogP contribution < -0.4 is 5.32 Å². The van der Waals surface area contributed by atoms with Crippen LogP contribution in [-0.4, -0.2) is 28.5 Å². The molecule has 0 heterocycles. The summed E-state index contributed by atoms with van der Waals surface area (Å²) in [6.45, 7) is 3.35. The van der Waals surface area contributed by atoms with Gasteiger partial charge in [-0.05, 0) is 26.0 Å². The molecular weight excluding hydrogens is 224 g/mol. The third-order valence-corrected chi connectivity index (χ3v) is 2.07. The number of benzene rings is 1. The second-order valence-corrected chi connectivity index (χ2v) is 4.32. The molecule has 6 nitrogen and oxygen atoms in total. The Kier molecular flexibility index (Phi) is 3.80. The summed E-state index contributed by atoms with van der Waals surface area (Å²) in [4.78, 5) is 20.8. The lowest BCUT2D eigenvalue weighted by Gasteiger charge is -2.18. The van der Waals surface area contributed by atoms with Gasteiger partial charge in [-0.1, -0.05) is 0 Å². The van der Waals surface area contributed by atoms with Crippen LogP contribution in [0.15, 0.2) is 18.2 Å². The van der Waals surface area contributed by atoms with Crippen molar-refractivity contribution in [1.29, 1.82) is 0 Å². The molecule has 2 N–H and O–H groups in total. The Labute approximate surface area is 98.4 Å². The highest BCUT2D eigenvalue weighted by atomic mass is 16.6. The van der Waals surface area contributed by atoms with E-state index in [-0.39, 0.29) is 23.5 Å². The van der Waals surface area contributed by atoms with Crippen LogP contribution in [0.2, 0.25) is 0 Å². The maximum Gasteiger partial charge on any atom is 0.293 e. The molecule has 0 amide bonds. The lowest BCUT2D eigenvalue weighted by Crippen LogP contribution is -2.29. The fraction of sp³-hybridized carbons (Fsp3) is 0.364. The van der Waals surface area contributed by atoms with Crippen LogP contribution >= 0.6 is 0 Å². The lowest BCUT2D eigenvalue weighted by molar-refractivity contribution is -0.384. The molecule has 0 unspecified atom stereocenters. The maximum atomic E-state index is 10.8. The topological polar surface area (TPSA) is 92.5 Å². The summed E-state index contributed by atoms with van der Waals surface area (Å²) in [5.74, 6) is 0. The number of hydrogen-bond acceptors (Lipinski definition) is 5. The maximum absolute atomic E-state index is 10.8. The predicted octanol–water partition coefficient (Wildman–Crippen LogP) is 1.59. The van der Waals surface area contributed by atoms with Crippen LogP contribution in [0.4, 0.5) is 11.4 Å². The Morgan fingerprint density at radius 3 is 2.65 bits per heavy atom. The lowest BCUT2D eigenvalue weighted by atomic mass is 10.1. The van der Waals surface area contributed by atoms with E-state index in [1.807, 2.05) is 0 Å². The molecule has 0 aliphatic rings. The van der Waals surface area contributed by atoms with E-state index in [0.717, 1.165) is 0 Å². The number of aldehydes is 1. The van der Waals surface area contributed by atoms with Crippen LogP contribution in [-0.2, 0) is 0 Å². The Hall–Kier alpha value is -1.95. The number of carbonyl (C=O) groups excluding carboxylic acids is 1. The van der Waals surface area contributed by atoms with Gasteiger partial charge in [0.2, 0.25) is 0 Å². The van der Waals surface area contributed by atoms with Crippen LogP contribution in [0.1, 0.15) is 24.2 Å². The minimum atomic E-state index is -0.975. The van der Waals surface area contributed by atoms with Gasteiger partial charge in [0.15, 0.2) is 0 Å². The first-order chi connectivity index (χ1) is 7.83. The van der Waals surface area contributed by atoms with Crippen LogP contribution in [0.25, 0.3) is 0 Å². The highest BCUT2D eigenvalue weighted by Gasteiger charge is 2.17. The first-order valence-corrected chi connectivity index (χ1v) is 5.03. The first-order valence-electron chi connectivity index (χ1n) is 5.03. The molecule has 0 bridgehead atoms. The van der Waals surface area contributed by atoms with E-state index in [1.165, 1.54) is 18.2 Å². The molecule has 0 radical (unpaired) electrons. The summed E-state index contributed by atoms with van der Waals surface area (Å²) in [5, 5.41) is 23.1. The average molecular weight is 238 g/mol. The van der Waals surface area contributed by atoms with Crippen LogP contribution in [0, 0.1) is 10.1 Å². The van der Waals surface area contributed by atoms with Gasteiger partial charge in [0.25, 0.3) is 5.69 Å². The fourth-order valence-corrected chi connectivity index (χ4v) is 1.23. The number of nitrogens with one attached hydrogen (secondary N) is 1. The molecule has 0 atom stereocenters. The molecule has 0 aromatic heterocycles. The highest BCUT2D eigenvalue weighted by Crippen LogP contribution is 2.25. The molecule has 17 heavy (non-hydrogen) atoms. The molecule has 0 aliphatic heterocycles. The molecule has 6 heteroatoms. The van der Waals surface area contributed by atoms with E-state index in [4.69, 9.17) is 0 Å². The van der Waals surface area contributed by atoms with Gasteiger partial charge in [-0.2, -0.15) is 0 Å². The van der Waals surface area contributed by atoms with Gasteiger partial charge in [0.1, 0.15) is 12.0 Å². The monoisotopic (exact) mass is 238 g/mol. The van der Waals surface area contributed by atoms with Crippen molar-refractivity contribution in [3.63, 3.8) is 0 Å². The van der Waals surface area contributed by atoms with Crippen LogP contribution in [0.5, 0.6) is 0 Å². The zero-order valence-corrected chi connectivity index (χ0v) is 9.64. The number of anilines is 1. The second kappa shape index (κ2) is 4.92. The average Bonchev–Trinajstić information content (AvgIpc) is 2.25. The Morgan fingerprint density at radius 2 is 2.18 bits per heavy atom. The van der Waals surface area contributed by atoms with Crippen molar-refractivity contribution in [2.75, 3.05) is 11.9 Å². The zero-order valence-electron chi connectivity index (χ0n) is 9.64. The van der Waals surface area contributed by atoms with Crippen molar-refractivity contribution in [3.8, 4) is 0 Å². The summed E-state index contributed by atoms with van der Waals surface area (Å²) in [5.41, 5.74) is -0.635. The first kappa shape index (κ1) is 13.1. The van der Waals surface area contributed by atoms with Crippen molar-refractivity contribution in [2.24, 2.45) is 0 Å². The molecule has 0 spiro atoms. The van der Waals surface area contributed by atoms with Gasteiger partial charge in [0, 0.05) is 18.2 Å². The number of rotatable bonds is 5. The van der Waals surface area contributed by atoms with E-state index >= 15 is 0 Å². The number of hydrogen-bond donors (Lipinski definition) is 2. The third-order valence-electron chi connectivity index (χ3n) is 2.07. The Bertz CT molecular complexity index is 438. The van der Waals surface area contributed by atoms with Gasteiger partial charge in [-0.25, -0.2) is 0 Å². The smallest absolute Gasteiger partial charge is 0.293 e. The summed E-state index contributed by atoms with van der Waals surface area (Å²) in [6, 6.07) is 4.13. The Balaban J connectivity index is 2.98. The van der Waals surface area contributed by atoms with Crippen molar-refractivity contribution in [1.82, 2.24) is 0 Å². The van der Waals surface area contributed by atoms with E-state index < -0.39 is 10.5 Å². The van der Waals surface area contributed by atoms with E-state index in [1.54, 1.807) is 13.8 Å². The normalized spacial score (nSPS) is 11.0. The third kappa shape index (κ3) is 3.84. The molecular formula is C11H14N2O4. The molecule has 1 rings (SSSR count). The summed E-state index contributed by atoms with van der Waals surface area (Å²) in [6.07, 6.45) is 0.548. The van der Waals surface area contributed by atoms with Gasteiger partial charge in [-0.3, -0.25) is 14.9 Å². The Morgan fingerprint density at radius 1 is 1.53 bits per heavy atom. The van der Waals surface area contributed by atoms with Crippen molar-refractivity contribution in [3.05, 3.63) is 33.9 Å². The predicted molar refractivity (Wildman–Crippen MR) is 63.3 cm³/mol. The van der Waals surface area contributed by atoms with E-state index in [2.05, 4.69) is 5.32 Å². The van der Waals surface area contributed by atoms with Gasteiger partial charge in [-0.15, -0.1) is 0 Å². The molecule has 0 aliphatic carbocycles. The minimum Gasteiger partial charge on any atom is -0.389 e. The van der Waals surface area contributed by atoms with Gasteiger partial charge < -0.3 is 10.4 Å². The summed E-state index contributed by atoms with van der Waals surface area (Å²) in [7, 11) is 0. The molecule has 1 aromatic rings. The van der Waals surface area contributed by atoms with Crippen molar-refractivity contribution < 1.29 is 14.8 Å². The van der Waals surface area contributed by atoms with E-state index in [9.17, 15) is 20.0 Å². The standard InChI is InChI=1S/C11H14N2O4/c1-11(2,15)7-12-9-4-3-8(6-14)5-10(9)13(16)17/h3-6,12,15H,7H2,1-2H3. The number of nitrogens with zero attached hydrogens (tertiary/aromatic N) is 1. The second-order valence-electron chi connectivity index (χ2n) is 4.32. The number of carbonyl (C=O) groups is 1. The summed E-state index contributed by atoms with van der Waals surface area (Å²) >= 11 is 0. The molecule has 0 saturated carbocycles. The molecule has 0 fully saturated rings. The fourth-order valence-electron chi connectivity index (χ4n) is 1.23. The number of nitro benzene ring substituents is 1. The number of nitro groups is 1. The zero-order chi connectivity index (χ0) is 13.1. The van der Waals surface area contributed by atoms with Crippen molar-refractivity contribution >= 4 is 17.7 Å². The molecule has 0 saturated heterocycles. The van der Waals surface area contributed by atoms with E-state index in [0.29, 0.717) is 6.29 Å². The minimum absolute atomic E-state index is 0.175. The largest absolute Gasteiger partial charge is 0.389 e.